The van der Waals surface area contributed by atoms with Crippen LogP contribution in [0.15, 0.2) is 186 Å². The van der Waals surface area contributed by atoms with Crippen LogP contribution in [0.5, 0.6) is 0 Å². The van der Waals surface area contributed by atoms with Crippen molar-refractivity contribution >= 4 is 68.6 Å². The maximum absolute atomic E-state index is 9.48. The first-order valence-corrected chi connectivity index (χ1v) is 20.1. The molecule has 0 aliphatic heterocycles. The Labute approximate surface area is 351 Å². The van der Waals surface area contributed by atoms with Crippen LogP contribution in [0.4, 0.5) is 0 Å². The van der Waals surface area contributed by atoms with E-state index in [1.54, 1.807) is 0 Å². The molecule has 0 unspecified atom stereocenters. The Kier molecular flexibility index (Phi) is 8.57. The van der Waals surface area contributed by atoms with E-state index in [0.717, 1.165) is 77.8 Å². The van der Waals surface area contributed by atoms with Gasteiger partial charge in [-0.2, -0.15) is 0 Å². The minimum Gasteiger partial charge on any atom is -0.309 e. The Morgan fingerprint density at radius 1 is 0.450 bits per heavy atom. The first-order valence-electron chi connectivity index (χ1n) is 19.7. The molecule has 1 N–H and O–H groups in total. The molecule has 0 saturated carbocycles. The van der Waals surface area contributed by atoms with Crippen molar-refractivity contribution < 1.29 is 0 Å². The summed E-state index contributed by atoms with van der Waals surface area (Å²) in [6.45, 7) is 0. The Hall–Kier alpha value is -7.81. The van der Waals surface area contributed by atoms with Gasteiger partial charge in [-0.15, -0.1) is 0 Å². The number of nitrogens with zero attached hydrogens (tertiary/aromatic N) is 6. The van der Waals surface area contributed by atoms with E-state index in [4.69, 9.17) is 19.9 Å². The lowest BCUT2D eigenvalue weighted by atomic mass is 9.82. The zero-order valence-electron chi connectivity index (χ0n) is 32.0. The number of nitrogens with one attached hydrogen (secondary N) is 1. The lowest BCUT2D eigenvalue weighted by Gasteiger charge is -2.23. The van der Waals surface area contributed by atoms with Crippen LogP contribution < -0.4 is 0 Å². The molecule has 1 aliphatic rings. The van der Waals surface area contributed by atoms with E-state index < -0.39 is 0 Å². The number of para-hydroxylation sites is 3. The molecule has 0 fully saturated rings. The van der Waals surface area contributed by atoms with E-state index in [-0.39, 0.29) is 0 Å². The summed E-state index contributed by atoms with van der Waals surface area (Å²) >= 11 is 4.40. The molecular weight excluding hydrogens is 755 g/mol. The van der Waals surface area contributed by atoms with Crippen LogP contribution in [0.25, 0.3) is 95.5 Å². The average Bonchev–Trinajstić information content (AvgIpc) is 3.66. The number of benzene rings is 7. The maximum atomic E-state index is 9.48. The van der Waals surface area contributed by atoms with E-state index in [9.17, 15) is 5.41 Å². The van der Waals surface area contributed by atoms with Gasteiger partial charge in [-0.05, 0) is 66.9 Å². The molecule has 8 heteroatoms. The molecule has 0 amide bonds. The monoisotopic (exact) mass is 787 g/mol. The second-order valence-corrected chi connectivity index (χ2v) is 14.9. The van der Waals surface area contributed by atoms with Gasteiger partial charge in [0.25, 0.3) is 0 Å². The van der Waals surface area contributed by atoms with Gasteiger partial charge >= 0.3 is 0 Å². The summed E-state index contributed by atoms with van der Waals surface area (Å²) in [5.74, 6) is 1.72. The summed E-state index contributed by atoms with van der Waals surface area (Å²) in [6, 6.07) is 61.6. The quantitative estimate of drug-likeness (QED) is 0.164. The van der Waals surface area contributed by atoms with Crippen molar-refractivity contribution in [2.24, 2.45) is 4.40 Å². The van der Waals surface area contributed by atoms with Crippen LogP contribution in [-0.2, 0) is 0 Å². The van der Waals surface area contributed by atoms with E-state index in [1.807, 2.05) is 97.1 Å². The molecule has 7 nitrogen and oxygen atoms in total. The van der Waals surface area contributed by atoms with Crippen LogP contribution in [-0.4, -0.2) is 35.9 Å². The van der Waals surface area contributed by atoms with Gasteiger partial charge in [-0.3, -0.25) is 5.41 Å². The van der Waals surface area contributed by atoms with Gasteiger partial charge in [0.15, 0.2) is 17.5 Å². The van der Waals surface area contributed by atoms with E-state index in [1.165, 1.54) is 10.8 Å². The van der Waals surface area contributed by atoms with Gasteiger partial charge in [-0.25, -0.2) is 24.3 Å². The standard InChI is InChI=1S/C52H33N7S/c53-47-46-40-19-7-10-20-43(40)54-48(33-13-3-1-4-14-33)42(46)31-41(49(47)58-60)32-23-25-35(26-24-32)51-55-50(34-15-5-2-6-16-34)56-52(57-51)36-27-29-37(30-28-36)59-44-21-11-8-17-38(44)39-18-9-12-22-45(39)59/h1-31,53,60H. The smallest absolute Gasteiger partial charge is 0.164 e. The summed E-state index contributed by atoms with van der Waals surface area (Å²) in [5.41, 5.74) is 12.7. The van der Waals surface area contributed by atoms with Crippen LogP contribution in [0.3, 0.4) is 0 Å². The number of hydrogen-bond acceptors (Lipinski definition) is 7. The Balaban J connectivity index is 1.00. The fourth-order valence-corrected chi connectivity index (χ4v) is 8.56. The predicted molar refractivity (Wildman–Crippen MR) is 249 cm³/mol. The predicted octanol–water partition coefficient (Wildman–Crippen LogP) is 12.4. The van der Waals surface area contributed by atoms with Crippen LogP contribution in [0.1, 0.15) is 16.7 Å². The molecule has 10 aromatic rings. The number of fused-ring (bicyclic) bond motifs is 6. The highest BCUT2D eigenvalue weighted by molar-refractivity contribution is 7.79. The lowest BCUT2D eigenvalue weighted by molar-refractivity contribution is 1.07. The molecule has 0 radical (unpaired) electrons. The first kappa shape index (κ1) is 35.4. The van der Waals surface area contributed by atoms with Gasteiger partial charge in [0.05, 0.1) is 28.0 Å². The topological polar surface area (TPSA) is 92.7 Å². The zero-order chi connectivity index (χ0) is 40.2. The third-order valence-corrected chi connectivity index (χ3v) is 11.4. The van der Waals surface area contributed by atoms with Gasteiger partial charge < -0.3 is 4.57 Å². The van der Waals surface area contributed by atoms with Gasteiger partial charge in [0.2, 0.25) is 0 Å². The van der Waals surface area contributed by atoms with E-state index >= 15 is 0 Å². The minimum absolute atomic E-state index is 0.302. The molecule has 0 spiro atoms. The largest absolute Gasteiger partial charge is 0.309 e. The Bertz CT molecular complexity index is 3320. The van der Waals surface area contributed by atoms with Crippen molar-refractivity contribution in [3.8, 4) is 51.1 Å². The molecule has 7 aromatic carbocycles. The summed E-state index contributed by atoms with van der Waals surface area (Å²) in [4.78, 5) is 20.2. The summed E-state index contributed by atoms with van der Waals surface area (Å²) in [6.07, 6.45) is 2.09. The van der Waals surface area contributed by atoms with E-state index in [0.29, 0.717) is 28.9 Å². The molecule has 0 bridgehead atoms. The maximum Gasteiger partial charge on any atom is 0.164 e. The molecule has 0 atom stereocenters. The highest BCUT2D eigenvalue weighted by atomic mass is 32.1. The highest BCUT2D eigenvalue weighted by Crippen LogP contribution is 2.39. The van der Waals surface area contributed by atoms with Gasteiger partial charge in [0, 0.05) is 60.8 Å². The summed E-state index contributed by atoms with van der Waals surface area (Å²) in [7, 11) is 0. The van der Waals surface area contributed by atoms with E-state index in [2.05, 4.69) is 113 Å². The van der Waals surface area contributed by atoms with Crippen molar-refractivity contribution in [3.05, 3.63) is 199 Å². The van der Waals surface area contributed by atoms with Gasteiger partial charge in [0.1, 0.15) is 5.71 Å². The third-order valence-electron chi connectivity index (χ3n) is 11.2. The lowest BCUT2D eigenvalue weighted by Crippen LogP contribution is -2.22. The number of aromatic nitrogens is 5. The summed E-state index contributed by atoms with van der Waals surface area (Å²) < 4.78 is 6.68. The molecule has 60 heavy (non-hydrogen) atoms. The van der Waals surface area contributed by atoms with Crippen molar-refractivity contribution in [1.29, 1.82) is 5.41 Å². The number of rotatable bonds is 6. The highest BCUT2D eigenvalue weighted by Gasteiger charge is 2.29. The van der Waals surface area contributed by atoms with Crippen LogP contribution >= 0.6 is 12.8 Å². The minimum atomic E-state index is 0.302. The Morgan fingerprint density at radius 3 is 1.50 bits per heavy atom. The van der Waals surface area contributed by atoms with Crippen LogP contribution in [0.2, 0.25) is 0 Å². The Morgan fingerprint density at radius 2 is 0.917 bits per heavy atom. The summed E-state index contributed by atoms with van der Waals surface area (Å²) in [5, 5.41) is 12.8. The second-order valence-electron chi connectivity index (χ2n) is 14.7. The number of thiol groups is 1. The third kappa shape index (κ3) is 5.92. The van der Waals surface area contributed by atoms with Crippen molar-refractivity contribution in [3.63, 3.8) is 0 Å². The van der Waals surface area contributed by atoms with Crippen molar-refractivity contribution in [2.75, 3.05) is 0 Å². The molecule has 3 aromatic heterocycles. The fourth-order valence-electron chi connectivity index (χ4n) is 8.35. The SMILES string of the molecule is N=C1C(=NS)C(c2ccc(-c3nc(-c4ccccc4)nc(-c4ccc(-n5c6ccccc6c6ccccc65)cc4)n3)cc2)=Cc2c(-c3ccccc3)nc3ccccc3c21. The second kappa shape index (κ2) is 14.5. The molecule has 0 saturated heterocycles. The molecule has 3 heterocycles. The van der Waals surface area contributed by atoms with Crippen molar-refractivity contribution in [2.45, 2.75) is 0 Å². The zero-order valence-corrected chi connectivity index (χ0v) is 32.9. The number of hydrogen-bond donors (Lipinski definition) is 2. The fraction of sp³-hybridized carbons (Fsp3) is 0. The normalized spacial score (nSPS) is 13.2. The molecular formula is C52H33N7S. The van der Waals surface area contributed by atoms with Crippen LogP contribution in [0, 0.1) is 5.41 Å². The van der Waals surface area contributed by atoms with Crippen molar-refractivity contribution in [1.82, 2.24) is 24.5 Å². The van der Waals surface area contributed by atoms with Gasteiger partial charge in [-0.1, -0.05) is 140 Å². The molecule has 1 aliphatic carbocycles. The number of pyridine rings is 1. The number of allylic oxidation sites excluding steroid dienone is 1. The molecule has 11 rings (SSSR count). The first-order chi connectivity index (χ1) is 29.6. The molecule has 282 valence electrons. The average molecular weight is 788 g/mol.